The van der Waals surface area contributed by atoms with E-state index >= 15 is 0 Å². The maximum atomic E-state index is 12.9. The molecule has 20 heavy (non-hydrogen) atoms. The fourth-order valence-corrected chi connectivity index (χ4v) is 3.15. The molecule has 0 aromatic heterocycles. The molecule has 2 rings (SSSR count). The highest BCUT2D eigenvalue weighted by molar-refractivity contribution is 5.83. The molecular formula is C17H26N2O. The van der Waals surface area contributed by atoms with E-state index in [0.717, 1.165) is 32.2 Å². The van der Waals surface area contributed by atoms with Gasteiger partial charge in [-0.05, 0) is 31.7 Å². The van der Waals surface area contributed by atoms with Crippen LogP contribution in [0, 0.1) is 5.41 Å². The van der Waals surface area contributed by atoms with Crippen LogP contribution in [0.5, 0.6) is 0 Å². The van der Waals surface area contributed by atoms with E-state index < -0.39 is 0 Å². The van der Waals surface area contributed by atoms with Crippen LogP contribution in [0.4, 0.5) is 0 Å². The Kier molecular flexibility index (Phi) is 4.81. The van der Waals surface area contributed by atoms with Gasteiger partial charge in [-0.25, -0.2) is 0 Å². The van der Waals surface area contributed by atoms with Crippen LogP contribution in [0.25, 0.3) is 0 Å². The molecule has 0 heterocycles. The molecule has 2 unspecified atom stereocenters. The minimum atomic E-state index is -0.371. The van der Waals surface area contributed by atoms with Crippen molar-refractivity contribution in [3.05, 3.63) is 35.9 Å². The zero-order valence-corrected chi connectivity index (χ0v) is 12.6. The molecule has 1 aliphatic carbocycles. The average Bonchev–Trinajstić information content (AvgIpc) is 2.80. The van der Waals surface area contributed by atoms with Crippen molar-refractivity contribution in [2.75, 3.05) is 6.54 Å². The minimum absolute atomic E-state index is 0.00475. The lowest BCUT2D eigenvalue weighted by atomic mass is 9.83. The molecule has 0 spiro atoms. The second-order valence-electron chi connectivity index (χ2n) is 6.13. The van der Waals surface area contributed by atoms with Gasteiger partial charge >= 0.3 is 0 Å². The van der Waals surface area contributed by atoms with Crippen molar-refractivity contribution < 1.29 is 4.79 Å². The Morgan fingerprint density at radius 1 is 1.40 bits per heavy atom. The predicted octanol–water partition coefficient (Wildman–Crippen LogP) is 2.94. The molecule has 0 aliphatic heterocycles. The average molecular weight is 274 g/mol. The first-order chi connectivity index (χ1) is 9.58. The van der Waals surface area contributed by atoms with E-state index in [-0.39, 0.29) is 17.4 Å². The Labute approximate surface area is 122 Å². The van der Waals surface area contributed by atoms with Crippen LogP contribution in [0.15, 0.2) is 30.3 Å². The number of hydrogen-bond donors (Lipinski definition) is 1. The molecule has 1 aromatic carbocycles. The Hall–Kier alpha value is -1.35. The van der Waals surface area contributed by atoms with E-state index in [1.54, 1.807) is 0 Å². The van der Waals surface area contributed by atoms with Crippen molar-refractivity contribution in [1.29, 1.82) is 0 Å². The molecular weight excluding hydrogens is 248 g/mol. The Bertz CT molecular complexity index is 446. The van der Waals surface area contributed by atoms with Gasteiger partial charge in [-0.3, -0.25) is 4.79 Å². The van der Waals surface area contributed by atoms with Crippen LogP contribution >= 0.6 is 0 Å². The third-order valence-electron chi connectivity index (χ3n) is 4.52. The molecule has 2 N–H and O–H groups in total. The van der Waals surface area contributed by atoms with Gasteiger partial charge in [0.1, 0.15) is 0 Å². The lowest BCUT2D eigenvalue weighted by Crippen LogP contribution is -2.49. The fourth-order valence-electron chi connectivity index (χ4n) is 3.15. The number of benzene rings is 1. The Balaban J connectivity index is 2.14. The lowest BCUT2D eigenvalue weighted by Gasteiger charge is -2.34. The van der Waals surface area contributed by atoms with E-state index in [4.69, 9.17) is 5.73 Å². The summed E-state index contributed by atoms with van der Waals surface area (Å²) in [4.78, 5) is 14.9. The topological polar surface area (TPSA) is 46.3 Å². The van der Waals surface area contributed by atoms with E-state index in [1.807, 2.05) is 30.0 Å². The smallest absolute Gasteiger partial charge is 0.230 e. The van der Waals surface area contributed by atoms with Gasteiger partial charge in [-0.2, -0.15) is 0 Å². The molecule has 0 bridgehead atoms. The largest absolute Gasteiger partial charge is 0.338 e. The predicted molar refractivity (Wildman–Crippen MR) is 82.1 cm³/mol. The zero-order chi connectivity index (χ0) is 14.6. The summed E-state index contributed by atoms with van der Waals surface area (Å²) in [5.74, 6) is 0.230. The summed E-state index contributed by atoms with van der Waals surface area (Å²) in [6.07, 6.45) is 3.92. The highest BCUT2D eigenvalue weighted by atomic mass is 16.2. The summed E-state index contributed by atoms with van der Waals surface area (Å²) in [6, 6.07) is 10.2. The number of carbonyl (C=O) groups excluding carboxylic acids is 1. The van der Waals surface area contributed by atoms with Crippen LogP contribution in [0.2, 0.25) is 0 Å². The molecule has 1 aliphatic rings. The van der Waals surface area contributed by atoms with Crippen molar-refractivity contribution in [3.8, 4) is 0 Å². The molecule has 0 radical (unpaired) electrons. The summed E-state index contributed by atoms with van der Waals surface area (Å²) in [6.45, 7) is 5.65. The first-order valence-electron chi connectivity index (χ1n) is 7.67. The van der Waals surface area contributed by atoms with Crippen molar-refractivity contribution in [2.45, 2.75) is 52.1 Å². The van der Waals surface area contributed by atoms with Gasteiger partial charge in [0, 0.05) is 19.1 Å². The van der Waals surface area contributed by atoms with E-state index in [2.05, 4.69) is 19.1 Å². The van der Waals surface area contributed by atoms with Crippen LogP contribution in [0.1, 0.15) is 45.1 Å². The Morgan fingerprint density at radius 3 is 2.65 bits per heavy atom. The first-order valence-corrected chi connectivity index (χ1v) is 7.67. The molecule has 1 aromatic rings. The van der Waals surface area contributed by atoms with E-state index in [1.165, 1.54) is 5.56 Å². The second-order valence-corrected chi connectivity index (χ2v) is 6.13. The van der Waals surface area contributed by atoms with Gasteiger partial charge in [0.15, 0.2) is 0 Å². The molecule has 0 saturated heterocycles. The normalized spacial score (nSPS) is 25.6. The van der Waals surface area contributed by atoms with Gasteiger partial charge in [-0.1, -0.05) is 43.7 Å². The van der Waals surface area contributed by atoms with E-state index in [9.17, 15) is 4.79 Å². The highest BCUT2D eigenvalue weighted by Gasteiger charge is 2.44. The second kappa shape index (κ2) is 6.40. The number of carbonyl (C=O) groups is 1. The first kappa shape index (κ1) is 15.0. The van der Waals surface area contributed by atoms with Crippen LogP contribution in [-0.2, 0) is 11.3 Å². The van der Waals surface area contributed by atoms with Crippen molar-refractivity contribution in [1.82, 2.24) is 4.90 Å². The number of hydrogen-bond acceptors (Lipinski definition) is 2. The highest BCUT2D eigenvalue weighted by Crippen LogP contribution is 2.38. The van der Waals surface area contributed by atoms with E-state index in [0.29, 0.717) is 6.54 Å². The molecule has 1 saturated carbocycles. The molecule has 110 valence electrons. The molecule has 1 amide bonds. The van der Waals surface area contributed by atoms with Crippen molar-refractivity contribution in [2.24, 2.45) is 11.1 Å². The van der Waals surface area contributed by atoms with Gasteiger partial charge in [-0.15, -0.1) is 0 Å². The number of amides is 1. The fraction of sp³-hybridized carbons (Fsp3) is 0.588. The van der Waals surface area contributed by atoms with Gasteiger partial charge in [0.05, 0.1) is 5.41 Å². The van der Waals surface area contributed by atoms with Gasteiger partial charge in [0.2, 0.25) is 5.91 Å². The number of nitrogens with zero attached hydrogens (tertiary/aromatic N) is 1. The van der Waals surface area contributed by atoms with Crippen molar-refractivity contribution >= 4 is 5.91 Å². The number of rotatable bonds is 5. The number of nitrogens with two attached hydrogens (primary N) is 1. The maximum Gasteiger partial charge on any atom is 0.230 e. The Morgan fingerprint density at radius 2 is 2.10 bits per heavy atom. The molecule has 3 heteroatoms. The quantitative estimate of drug-likeness (QED) is 0.897. The minimum Gasteiger partial charge on any atom is -0.338 e. The lowest BCUT2D eigenvalue weighted by molar-refractivity contribution is -0.142. The van der Waals surface area contributed by atoms with Gasteiger partial charge < -0.3 is 10.6 Å². The summed E-state index contributed by atoms with van der Waals surface area (Å²) >= 11 is 0. The monoisotopic (exact) mass is 274 g/mol. The summed E-state index contributed by atoms with van der Waals surface area (Å²) in [5, 5.41) is 0. The maximum absolute atomic E-state index is 12.9. The summed E-state index contributed by atoms with van der Waals surface area (Å²) < 4.78 is 0. The van der Waals surface area contributed by atoms with Crippen molar-refractivity contribution in [3.63, 3.8) is 0 Å². The summed E-state index contributed by atoms with van der Waals surface area (Å²) in [7, 11) is 0. The molecule has 3 nitrogen and oxygen atoms in total. The van der Waals surface area contributed by atoms with Gasteiger partial charge in [0.25, 0.3) is 0 Å². The summed E-state index contributed by atoms with van der Waals surface area (Å²) in [5.41, 5.74) is 7.01. The zero-order valence-electron chi connectivity index (χ0n) is 12.6. The standard InChI is InChI=1S/C17H26N2O/c1-3-12-19(13-14-8-5-4-6-9-14)16(20)17(2)11-7-10-15(17)18/h4-6,8-9,15H,3,7,10-13,18H2,1-2H3. The van der Waals surface area contributed by atoms with Crippen LogP contribution in [0.3, 0.4) is 0 Å². The third kappa shape index (κ3) is 3.04. The molecule has 1 fully saturated rings. The van der Waals surface area contributed by atoms with Crippen LogP contribution < -0.4 is 5.73 Å². The SMILES string of the molecule is CCCN(Cc1ccccc1)C(=O)C1(C)CCCC1N. The third-order valence-corrected chi connectivity index (χ3v) is 4.52. The van der Waals surface area contributed by atoms with Crippen LogP contribution in [-0.4, -0.2) is 23.4 Å². The molecule has 2 atom stereocenters.